The van der Waals surface area contributed by atoms with Gasteiger partial charge in [-0.2, -0.15) is 0 Å². The molecule has 9 heteroatoms. The molecule has 0 bridgehead atoms. The molecule has 87 heavy (non-hydrogen) atoms. The molecule has 0 radical (unpaired) electrons. The van der Waals surface area contributed by atoms with Crippen LogP contribution in [0.25, 0.3) is 0 Å². The number of benzene rings is 8. The van der Waals surface area contributed by atoms with E-state index in [4.69, 9.17) is 0 Å². The van der Waals surface area contributed by atoms with Crippen LogP contribution in [-0.4, -0.2) is 23.0 Å². The van der Waals surface area contributed by atoms with Gasteiger partial charge < -0.3 is 19.6 Å². The average molecular weight is 1350 g/mol. The molecule has 452 valence electrons. The van der Waals surface area contributed by atoms with Crippen molar-refractivity contribution < 1.29 is 0 Å². The molecule has 0 aliphatic carbocycles. The number of nitrogens with zero attached hydrogens (tertiary/aromatic N) is 4. The van der Waals surface area contributed by atoms with Gasteiger partial charge in [0.2, 0.25) is 0 Å². The Balaban J connectivity index is 0.000000182. The smallest absolute Gasteiger partial charge is 0.342 e. The van der Waals surface area contributed by atoms with Gasteiger partial charge in [0.1, 0.15) is 0 Å². The van der Waals surface area contributed by atoms with Crippen molar-refractivity contribution in [3.05, 3.63) is 208 Å². The molecular weight excluding hydrogens is 1250 g/mol. The number of fused-ring (bicyclic) bond motifs is 5. The zero-order valence-electron chi connectivity index (χ0n) is 55.4. The van der Waals surface area contributed by atoms with Gasteiger partial charge in [-0.1, -0.05) is 210 Å². The van der Waals surface area contributed by atoms with Gasteiger partial charge in [0.15, 0.2) is 0 Å². The highest BCUT2D eigenvalue weighted by Gasteiger charge is 2.46. The summed E-state index contributed by atoms with van der Waals surface area (Å²) in [5, 5.41) is 0. The summed E-state index contributed by atoms with van der Waals surface area (Å²) in [6.45, 7) is 44.3. The lowest BCUT2D eigenvalue weighted by Crippen LogP contribution is -2.62. The van der Waals surface area contributed by atoms with E-state index in [1.807, 2.05) is 0 Å². The van der Waals surface area contributed by atoms with Gasteiger partial charge in [-0.05, 0) is 198 Å². The second kappa shape index (κ2) is 24.4. The van der Waals surface area contributed by atoms with E-state index in [0.29, 0.717) is 0 Å². The zero-order chi connectivity index (χ0) is 62.9. The highest BCUT2D eigenvalue weighted by Crippen LogP contribution is 2.49. The van der Waals surface area contributed by atoms with Crippen molar-refractivity contribution in [1.82, 2.24) is 0 Å². The molecule has 4 heterocycles. The first-order valence-electron chi connectivity index (χ1n) is 31.8. The van der Waals surface area contributed by atoms with E-state index in [-0.39, 0.29) is 42.4 Å². The van der Waals surface area contributed by atoms with Crippen LogP contribution >= 0.6 is 47.3 Å². The van der Waals surface area contributed by atoms with Crippen molar-refractivity contribution in [3.63, 3.8) is 0 Å². The third-order valence-electron chi connectivity index (χ3n) is 18.2. The van der Waals surface area contributed by atoms with Crippen LogP contribution in [0, 0.1) is 0 Å². The molecule has 0 atom stereocenters. The van der Waals surface area contributed by atoms with Crippen LogP contribution in [0.2, 0.25) is 0 Å². The average Bonchev–Trinajstić information content (AvgIpc) is 0.699. The van der Waals surface area contributed by atoms with Crippen LogP contribution < -0.4 is 36.0 Å². The van der Waals surface area contributed by atoms with Gasteiger partial charge in [-0.15, -0.1) is 47.3 Å². The molecular formula is C78H93B2Br3N4. The molecule has 0 spiro atoms. The Kier molecular flexibility index (Phi) is 18.1. The molecule has 0 unspecified atom stereocenters. The molecule has 0 saturated carbocycles. The number of anilines is 10. The third kappa shape index (κ3) is 13.4. The van der Waals surface area contributed by atoms with Crippen LogP contribution in [0.15, 0.2) is 164 Å². The van der Waals surface area contributed by atoms with E-state index in [2.05, 4.69) is 355 Å². The Bertz CT molecular complexity index is 3790. The Hall–Kier alpha value is -5.47. The van der Waals surface area contributed by atoms with E-state index < -0.39 is 0 Å². The SMILES string of the molecule is BrB(Br)Br.CC(C)(C)c1ccc2c(c1)N(c1ccccc1)c1cc(C(C)(C)C)cc3c1B2c1ccc(C(C)(C)C)c2c1N3CCC2.CC(C)(C)c1cccc(N(c2ccccc2)c2cc(N3CCCc4c3cccc4C(C)(C)C)cc(C(C)(C)C)c2)c1. The lowest BCUT2D eigenvalue weighted by atomic mass is 9.33. The van der Waals surface area contributed by atoms with Crippen LogP contribution in [0.4, 0.5) is 56.9 Å². The molecule has 8 aromatic carbocycles. The summed E-state index contributed by atoms with van der Waals surface area (Å²) in [4.78, 5) is 10.3. The predicted octanol–water partition coefficient (Wildman–Crippen LogP) is 21.6. The molecule has 4 aliphatic rings. The summed E-state index contributed by atoms with van der Waals surface area (Å²) in [6.07, 6.45) is 4.64. The maximum absolute atomic E-state index is 3.10. The molecule has 4 aliphatic heterocycles. The molecule has 12 rings (SSSR count). The van der Waals surface area contributed by atoms with Gasteiger partial charge in [0.25, 0.3) is 6.71 Å². The minimum atomic E-state index is 0.00620. The van der Waals surface area contributed by atoms with Gasteiger partial charge in [-0.25, -0.2) is 0 Å². The normalized spacial score (nSPS) is 14.6. The maximum atomic E-state index is 3.10. The minimum Gasteiger partial charge on any atom is -0.342 e. The number of rotatable bonds is 5. The summed E-state index contributed by atoms with van der Waals surface area (Å²) < 4.78 is 0.271. The monoisotopic (exact) mass is 1340 g/mol. The Morgan fingerprint density at radius 1 is 0.379 bits per heavy atom. The number of para-hydroxylation sites is 2. The summed E-state index contributed by atoms with van der Waals surface area (Å²) >= 11 is 9.31. The largest absolute Gasteiger partial charge is 0.369 e. The lowest BCUT2D eigenvalue weighted by molar-refractivity contribution is 0.576. The van der Waals surface area contributed by atoms with Gasteiger partial charge >= 0.3 is 3.18 Å². The standard InChI is InChI=1S/C39H45BN2.C39H48N2.BBr3/c1-37(2,3)25-17-19-30-32(22-25)42(27-14-11-10-12-15-27)34-24-26(38(4,5)6)23-33-35(34)40(30)31-20-18-29(39(7,8)9)28-16-13-21-41(33)36(28)31;1-37(2,3)28-16-13-19-31(24-28)41(30-17-11-10-12-18-30)33-26-29(38(4,5)6)25-32(27-33)40-23-15-20-34-35(39(7,8)9)21-14-22-36(34)40;2-1(3)4/h10-12,14-15,17-20,22-24H,13,16,21H2,1-9H3;10-14,16-19,21-22,24-27H,15,20,23H2,1-9H3;. The van der Waals surface area contributed by atoms with Crippen molar-refractivity contribution in [2.45, 2.75) is 183 Å². The first-order chi connectivity index (χ1) is 40.7. The highest BCUT2D eigenvalue weighted by atomic mass is 79.9. The van der Waals surface area contributed by atoms with Gasteiger partial charge in [0.05, 0.1) is 0 Å². The third-order valence-corrected chi connectivity index (χ3v) is 18.2. The second-order valence-electron chi connectivity index (χ2n) is 30.9. The molecule has 8 aromatic rings. The van der Waals surface area contributed by atoms with Crippen LogP contribution in [-0.2, 0) is 45.3 Å². The molecule has 0 saturated heterocycles. The lowest BCUT2D eigenvalue weighted by Gasteiger charge is -2.48. The Morgan fingerprint density at radius 2 is 0.874 bits per heavy atom. The van der Waals surface area contributed by atoms with Crippen molar-refractivity contribution in [1.29, 1.82) is 0 Å². The summed E-state index contributed by atoms with van der Waals surface area (Å²) in [7, 11) is 0. The number of hydrogen-bond donors (Lipinski definition) is 0. The highest BCUT2D eigenvalue weighted by molar-refractivity contribution is 9.69. The summed E-state index contributed by atoms with van der Waals surface area (Å²) in [5.74, 6) is 0. The number of halogens is 3. The molecule has 0 aromatic heterocycles. The molecule has 0 N–H and O–H groups in total. The fourth-order valence-corrected chi connectivity index (χ4v) is 13.6. The quantitative estimate of drug-likeness (QED) is 0.159. The van der Waals surface area contributed by atoms with Crippen LogP contribution in [0.3, 0.4) is 0 Å². The van der Waals surface area contributed by atoms with Crippen molar-refractivity contribution in [2.24, 2.45) is 0 Å². The van der Waals surface area contributed by atoms with Crippen LogP contribution in [0.1, 0.15) is 182 Å². The summed E-state index contributed by atoms with van der Waals surface area (Å²) in [6, 6.07) is 62.3. The first kappa shape index (κ1) is 64.5. The van der Waals surface area contributed by atoms with E-state index in [9.17, 15) is 0 Å². The van der Waals surface area contributed by atoms with E-state index in [1.165, 1.54) is 119 Å². The van der Waals surface area contributed by atoms with E-state index in [1.54, 1.807) is 5.56 Å². The molecule has 4 nitrogen and oxygen atoms in total. The van der Waals surface area contributed by atoms with Crippen molar-refractivity contribution in [2.75, 3.05) is 32.7 Å². The van der Waals surface area contributed by atoms with Crippen molar-refractivity contribution >= 4 is 130 Å². The molecule has 0 amide bonds. The zero-order valence-corrected chi connectivity index (χ0v) is 60.2. The maximum Gasteiger partial charge on any atom is 0.369 e. The minimum absolute atomic E-state index is 0.00620. The van der Waals surface area contributed by atoms with E-state index in [0.717, 1.165) is 32.4 Å². The molecule has 0 fully saturated rings. The number of hydrogen-bond acceptors (Lipinski definition) is 4. The fraction of sp³-hybridized carbons (Fsp3) is 0.385. The van der Waals surface area contributed by atoms with Crippen LogP contribution in [0.5, 0.6) is 0 Å². The topological polar surface area (TPSA) is 13.0 Å². The summed E-state index contributed by atoms with van der Waals surface area (Å²) in [5.41, 5.74) is 29.2. The predicted molar refractivity (Wildman–Crippen MR) is 395 cm³/mol. The fourth-order valence-electron chi connectivity index (χ4n) is 13.6. The van der Waals surface area contributed by atoms with Crippen molar-refractivity contribution in [3.8, 4) is 0 Å². The van der Waals surface area contributed by atoms with Gasteiger partial charge in [0, 0.05) is 70.0 Å². The Labute approximate surface area is 550 Å². The Morgan fingerprint density at radius 3 is 1.48 bits per heavy atom. The first-order valence-corrected chi connectivity index (χ1v) is 34.5. The van der Waals surface area contributed by atoms with Gasteiger partial charge in [-0.3, -0.25) is 0 Å². The van der Waals surface area contributed by atoms with E-state index >= 15 is 0 Å². The second-order valence-corrected chi connectivity index (χ2v) is 37.3.